The Bertz CT molecular complexity index is 767. The Kier molecular flexibility index (Phi) is 3.52. The lowest BCUT2D eigenvalue weighted by atomic mass is 10.0. The first-order valence-electron chi connectivity index (χ1n) is 7.44. The molecule has 0 radical (unpaired) electrons. The number of aromatic nitrogens is 2. The van der Waals surface area contributed by atoms with Crippen LogP contribution in [0.15, 0.2) is 42.5 Å². The number of imidazole rings is 1. The van der Waals surface area contributed by atoms with Crippen molar-refractivity contribution in [3.8, 4) is 11.3 Å². The van der Waals surface area contributed by atoms with E-state index in [1.54, 1.807) is 0 Å². The van der Waals surface area contributed by atoms with Crippen molar-refractivity contribution in [2.75, 3.05) is 0 Å². The van der Waals surface area contributed by atoms with Crippen molar-refractivity contribution in [1.29, 1.82) is 0 Å². The molecule has 1 atom stereocenters. The fourth-order valence-electron chi connectivity index (χ4n) is 2.83. The Morgan fingerprint density at radius 2 is 1.86 bits per heavy atom. The molecule has 3 heteroatoms. The van der Waals surface area contributed by atoms with Gasteiger partial charge in [0.05, 0.1) is 11.4 Å². The van der Waals surface area contributed by atoms with Crippen LogP contribution < -0.4 is 5.73 Å². The van der Waals surface area contributed by atoms with Crippen molar-refractivity contribution >= 4 is 5.65 Å². The summed E-state index contributed by atoms with van der Waals surface area (Å²) in [5, 5.41) is 0. The van der Waals surface area contributed by atoms with Gasteiger partial charge in [-0.2, -0.15) is 0 Å². The van der Waals surface area contributed by atoms with Crippen molar-refractivity contribution in [2.24, 2.45) is 5.73 Å². The number of nitrogens with zero attached hydrogens (tertiary/aromatic N) is 2. The van der Waals surface area contributed by atoms with E-state index in [-0.39, 0.29) is 6.04 Å². The molecule has 3 aromatic rings. The van der Waals surface area contributed by atoms with Gasteiger partial charge >= 0.3 is 0 Å². The number of aryl methyl sites for hydroxylation is 2. The molecule has 0 amide bonds. The van der Waals surface area contributed by atoms with Crippen LogP contribution in [0.25, 0.3) is 16.9 Å². The molecule has 0 saturated heterocycles. The number of hydrogen-bond donors (Lipinski definition) is 1. The van der Waals surface area contributed by atoms with E-state index in [0.29, 0.717) is 0 Å². The van der Waals surface area contributed by atoms with Crippen molar-refractivity contribution in [1.82, 2.24) is 9.38 Å². The summed E-state index contributed by atoms with van der Waals surface area (Å²) in [7, 11) is 0. The molecule has 0 bridgehead atoms. The molecule has 2 heterocycles. The van der Waals surface area contributed by atoms with Crippen LogP contribution in [-0.2, 0) is 6.42 Å². The van der Waals surface area contributed by atoms with E-state index in [1.165, 1.54) is 11.4 Å². The normalized spacial score (nSPS) is 12.8. The van der Waals surface area contributed by atoms with Crippen molar-refractivity contribution < 1.29 is 0 Å². The topological polar surface area (TPSA) is 43.3 Å². The summed E-state index contributed by atoms with van der Waals surface area (Å²) in [5.74, 6) is 0. The second-order valence-electron chi connectivity index (χ2n) is 5.53. The predicted molar refractivity (Wildman–Crippen MR) is 87.3 cm³/mol. The molecule has 3 rings (SSSR count). The third-order valence-electron chi connectivity index (χ3n) is 3.98. The van der Waals surface area contributed by atoms with Gasteiger partial charge in [0.15, 0.2) is 0 Å². The van der Waals surface area contributed by atoms with Gasteiger partial charge in [-0.1, -0.05) is 37.3 Å². The number of rotatable bonds is 3. The van der Waals surface area contributed by atoms with Gasteiger partial charge in [0.1, 0.15) is 5.65 Å². The molecule has 3 nitrogen and oxygen atoms in total. The SMILES string of the molecule is CCc1c(-c2ccc(C(C)N)cc2)nc2cccc(C)n12. The molecule has 2 N–H and O–H groups in total. The van der Waals surface area contributed by atoms with E-state index in [4.69, 9.17) is 10.7 Å². The summed E-state index contributed by atoms with van der Waals surface area (Å²) < 4.78 is 2.24. The summed E-state index contributed by atoms with van der Waals surface area (Å²) in [5.41, 5.74) is 12.8. The molecular weight excluding hydrogens is 258 g/mol. The van der Waals surface area contributed by atoms with Crippen LogP contribution in [0.4, 0.5) is 0 Å². The maximum absolute atomic E-state index is 5.92. The van der Waals surface area contributed by atoms with Crippen LogP contribution in [0.1, 0.15) is 36.8 Å². The molecule has 0 aliphatic carbocycles. The van der Waals surface area contributed by atoms with Gasteiger partial charge in [-0.15, -0.1) is 0 Å². The molecule has 21 heavy (non-hydrogen) atoms. The van der Waals surface area contributed by atoms with Crippen LogP contribution in [0.2, 0.25) is 0 Å². The molecule has 108 valence electrons. The van der Waals surface area contributed by atoms with Gasteiger partial charge in [-0.3, -0.25) is 0 Å². The molecule has 1 unspecified atom stereocenters. The van der Waals surface area contributed by atoms with Crippen LogP contribution in [0, 0.1) is 6.92 Å². The number of pyridine rings is 1. The van der Waals surface area contributed by atoms with Gasteiger partial charge < -0.3 is 10.1 Å². The van der Waals surface area contributed by atoms with Gasteiger partial charge in [0, 0.05) is 17.3 Å². The van der Waals surface area contributed by atoms with Crippen LogP contribution >= 0.6 is 0 Å². The molecule has 0 aliphatic heterocycles. The lowest BCUT2D eigenvalue weighted by Gasteiger charge is -2.07. The minimum absolute atomic E-state index is 0.0630. The number of benzene rings is 1. The van der Waals surface area contributed by atoms with Crippen molar-refractivity contribution in [3.63, 3.8) is 0 Å². The minimum atomic E-state index is 0.0630. The van der Waals surface area contributed by atoms with Crippen LogP contribution in [0.5, 0.6) is 0 Å². The highest BCUT2D eigenvalue weighted by Crippen LogP contribution is 2.27. The summed E-state index contributed by atoms with van der Waals surface area (Å²) in [6, 6.07) is 14.7. The first-order valence-corrected chi connectivity index (χ1v) is 7.44. The smallest absolute Gasteiger partial charge is 0.137 e. The van der Waals surface area contributed by atoms with E-state index in [2.05, 4.69) is 60.7 Å². The summed E-state index contributed by atoms with van der Waals surface area (Å²) >= 11 is 0. The number of nitrogens with two attached hydrogens (primary N) is 1. The highest BCUT2D eigenvalue weighted by molar-refractivity contribution is 5.67. The zero-order valence-electron chi connectivity index (χ0n) is 12.8. The van der Waals surface area contributed by atoms with E-state index in [0.717, 1.165) is 28.9 Å². The predicted octanol–water partition coefficient (Wildman–Crippen LogP) is 3.89. The van der Waals surface area contributed by atoms with E-state index in [1.807, 2.05) is 6.92 Å². The Hall–Kier alpha value is -2.13. The van der Waals surface area contributed by atoms with Gasteiger partial charge in [-0.25, -0.2) is 4.98 Å². The Labute approximate surface area is 125 Å². The highest BCUT2D eigenvalue weighted by atomic mass is 15.0. The summed E-state index contributed by atoms with van der Waals surface area (Å²) in [4.78, 5) is 4.82. The second kappa shape index (κ2) is 5.34. The third kappa shape index (κ3) is 2.34. The standard InChI is InChI=1S/C18H21N3/c1-4-16-18(15-10-8-14(9-11-15)13(3)19)20-17-7-5-6-12(2)21(16)17/h5-11,13H,4,19H2,1-3H3. The Morgan fingerprint density at radius 1 is 1.14 bits per heavy atom. The second-order valence-corrected chi connectivity index (χ2v) is 5.53. The first kappa shape index (κ1) is 13.8. The maximum atomic E-state index is 5.92. The van der Waals surface area contributed by atoms with Gasteiger partial charge in [0.25, 0.3) is 0 Å². The molecular formula is C18H21N3. The molecule has 0 fully saturated rings. The van der Waals surface area contributed by atoms with Crippen LogP contribution in [-0.4, -0.2) is 9.38 Å². The lowest BCUT2D eigenvalue weighted by molar-refractivity contribution is 0.818. The van der Waals surface area contributed by atoms with Crippen molar-refractivity contribution in [2.45, 2.75) is 33.2 Å². The number of fused-ring (bicyclic) bond motifs is 1. The largest absolute Gasteiger partial charge is 0.324 e. The molecule has 1 aromatic carbocycles. The summed E-state index contributed by atoms with van der Waals surface area (Å²) in [6.07, 6.45) is 0.955. The number of hydrogen-bond acceptors (Lipinski definition) is 2. The Morgan fingerprint density at radius 3 is 2.48 bits per heavy atom. The maximum Gasteiger partial charge on any atom is 0.137 e. The summed E-state index contributed by atoms with van der Waals surface area (Å²) in [6.45, 7) is 6.30. The van der Waals surface area contributed by atoms with Gasteiger partial charge in [0.2, 0.25) is 0 Å². The average molecular weight is 279 g/mol. The Balaban J connectivity index is 2.18. The average Bonchev–Trinajstić information content (AvgIpc) is 2.87. The fourth-order valence-corrected chi connectivity index (χ4v) is 2.83. The van der Waals surface area contributed by atoms with E-state index in [9.17, 15) is 0 Å². The molecule has 2 aromatic heterocycles. The lowest BCUT2D eigenvalue weighted by Crippen LogP contribution is -2.04. The highest BCUT2D eigenvalue weighted by Gasteiger charge is 2.13. The zero-order chi connectivity index (χ0) is 15.0. The quantitative estimate of drug-likeness (QED) is 0.790. The van der Waals surface area contributed by atoms with Gasteiger partial charge in [-0.05, 0) is 38.0 Å². The monoisotopic (exact) mass is 279 g/mol. The fraction of sp³-hybridized carbons (Fsp3) is 0.278. The van der Waals surface area contributed by atoms with Crippen molar-refractivity contribution in [3.05, 3.63) is 59.4 Å². The first-order chi connectivity index (χ1) is 10.1. The van der Waals surface area contributed by atoms with E-state index < -0.39 is 0 Å². The van der Waals surface area contributed by atoms with Crippen LogP contribution in [0.3, 0.4) is 0 Å². The minimum Gasteiger partial charge on any atom is -0.324 e. The van der Waals surface area contributed by atoms with E-state index >= 15 is 0 Å². The zero-order valence-corrected chi connectivity index (χ0v) is 12.8. The third-order valence-corrected chi connectivity index (χ3v) is 3.98. The molecule has 0 spiro atoms. The molecule has 0 saturated carbocycles. The molecule has 0 aliphatic rings.